The lowest BCUT2D eigenvalue weighted by atomic mass is 9.97. The van der Waals surface area contributed by atoms with Crippen molar-refractivity contribution < 1.29 is 19.7 Å². The summed E-state index contributed by atoms with van der Waals surface area (Å²) in [4.78, 5) is 20.5. The summed E-state index contributed by atoms with van der Waals surface area (Å²) >= 11 is 13.9. The minimum atomic E-state index is -0.673. The van der Waals surface area contributed by atoms with Crippen molar-refractivity contribution in [3.8, 4) is 45.4 Å². The summed E-state index contributed by atoms with van der Waals surface area (Å²) < 4.78 is 11.0. The van der Waals surface area contributed by atoms with Crippen LogP contribution in [0.4, 0.5) is 0 Å². The van der Waals surface area contributed by atoms with Gasteiger partial charge in [0.15, 0.2) is 0 Å². The summed E-state index contributed by atoms with van der Waals surface area (Å²) in [6.45, 7) is 4.33. The lowest BCUT2D eigenvalue weighted by Crippen LogP contribution is -2.59. The third-order valence-electron chi connectivity index (χ3n) is 6.93. The van der Waals surface area contributed by atoms with Gasteiger partial charge in [0, 0.05) is 55.0 Å². The SMILES string of the molecule is COc1nc(-c2cccc(-c3cccc(-c4cnc(CN5CC(C)(O)C5)c(OC)n4)c3Cl)c2Cl)cnc1CNCCO. The monoisotopic (exact) mass is 610 g/mol. The molecule has 0 unspecified atom stereocenters. The molecule has 0 bridgehead atoms. The van der Waals surface area contributed by atoms with Crippen LogP contribution < -0.4 is 14.8 Å². The zero-order chi connectivity index (χ0) is 29.9. The van der Waals surface area contributed by atoms with E-state index in [-0.39, 0.29) is 6.61 Å². The highest BCUT2D eigenvalue weighted by atomic mass is 35.5. The molecule has 3 heterocycles. The number of methoxy groups -OCH3 is 2. The van der Waals surface area contributed by atoms with Crippen molar-refractivity contribution in [2.75, 3.05) is 40.5 Å². The van der Waals surface area contributed by atoms with Gasteiger partial charge in [-0.3, -0.25) is 14.9 Å². The van der Waals surface area contributed by atoms with Crippen LogP contribution in [0.15, 0.2) is 48.8 Å². The number of halogens is 2. The number of aliphatic hydroxyl groups is 2. The second-order valence-electron chi connectivity index (χ2n) is 10.3. The lowest BCUT2D eigenvalue weighted by molar-refractivity contribution is -0.0878. The fourth-order valence-corrected chi connectivity index (χ4v) is 5.66. The topological polar surface area (TPSA) is 126 Å². The molecule has 0 aliphatic carbocycles. The Balaban J connectivity index is 1.45. The third-order valence-corrected chi connectivity index (χ3v) is 7.75. The highest BCUT2D eigenvalue weighted by Crippen LogP contribution is 2.42. The van der Waals surface area contributed by atoms with Crippen LogP contribution >= 0.6 is 23.2 Å². The van der Waals surface area contributed by atoms with Gasteiger partial charge < -0.3 is 25.0 Å². The van der Waals surface area contributed by atoms with E-state index in [9.17, 15) is 5.11 Å². The Morgan fingerprint density at radius 3 is 1.86 bits per heavy atom. The molecule has 1 aliphatic heterocycles. The predicted octanol–water partition coefficient (Wildman–Crippen LogP) is 4.24. The number of nitrogens with one attached hydrogen (secondary N) is 1. The summed E-state index contributed by atoms with van der Waals surface area (Å²) in [6.07, 6.45) is 3.32. The minimum Gasteiger partial charge on any atom is -0.480 e. The fraction of sp³-hybridized carbons (Fsp3) is 0.333. The number of nitrogens with zero attached hydrogens (tertiary/aromatic N) is 5. The Bertz CT molecular complexity index is 1580. The molecule has 0 amide bonds. The number of aliphatic hydroxyl groups excluding tert-OH is 1. The molecule has 4 aromatic rings. The molecule has 2 aromatic heterocycles. The molecular weight excluding hydrogens is 579 g/mol. The maximum Gasteiger partial charge on any atom is 0.237 e. The third kappa shape index (κ3) is 6.34. The van der Waals surface area contributed by atoms with Crippen molar-refractivity contribution >= 4 is 23.2 Å². The molecule has 0 atom stereocenters. The summed E-state index contributed by atoms with van der Waals surface area (Å²) in [6, 6.07) is 11.3. The van der Waals surface area contributed by atoms with E-state index in [1.165, 1.54) is 7.11 Å². The maximum atomic E-state index is 10.0. The molecular formula is C30H32Cl2N6O4. The Kier molecular flexibility index (Phi) is 9.22. The first kappa shape index (κ1) is 30.1. The molecule has 0 saturated carbocycles. The number of hydrogen-bond acceptors (Lipinski definition) is 10. The highest BCUT2D eigenvalue weighted by Gasteiger charge is 2.37. The summed E-state index contributed by atoms with van der Waals surface area (Å²) in [5.41, 5.74) is 4.54. The number of hydrogen-bond donors (Lipinski definition) is 3. The van der Waals surface area contributed by atoms with E-state index >= 15 is 0 Å². The van der Waals surface area contributed by atoms with E-state index in [1.807, 2.05) is 43.3 Å². The highest BCUT2D eigenvalue weighted by molar-refractivity contribution is 6.39. The average molecular weight is 612 g/mol. The van der Waals surface area contributed by atoms with Gasteiger partial charge in [0.25, 0.3) is 0 Å². The van der Waals surface area contributed by atoms with Gasteiger partial charge in [0.1, 0.15) is 11.4 Å². The second-order valence-corrected chi connectivity index (χ2v) is 11.1. The van der Waals surface area contributed by atoms with Gasteiger partial charge >= 0.3 is 0 Å². The first-order chi connectivity index (χ1) is 20.2. The lowest BCUT2D eigenvalue weighted by Gasteiger charge is -2.44. The van der Waals surface area contributed by atoms with Gasteiger partial charge in [-0.2, -0.15) is 0 Å². The van der Waals surface area contributed by atoms with E-state index in [0.29, 0.717) is 88.4 Å². The van der Waals surface area contributed by atoms with Crippen LogP contribution in [0.3, 0.4) is 0 Å². The zero-order valence-corrected chi connectivity index (χ0v) is 25.1. The molecule has 1 aliphatic rings. The first-order valence-electron chi connectivity index (χ1n) is 13.4. The van der Waals surface area contributed by atoms with Crippen LogP contribution in [-0.2, 0) is 13.1 Å². The van der Waals surface area contributed by atoms with E-state index in [0.717, 1.165) is 11.1 Å². The predicted molar refractivity (Wildman–Crippen MR) is 162 cm³/mol. The van der Waals surface area contributed by atoms with Gasteiger partial charge in [-0.1, -0.05) is 59.6 Å². The molecule has 1 fully saturated rings. The van der Waals surface area contributed by atoms with E-state index in [4.69, 9.17) is 42.8 Å². The summed E-state index contributed by atoms with van der Waals surface area (Å²) in [5, 5.41) is 23.1. The van der Waals surface area contributed by atoms with Crippen LogP contribution in [0, 0.1) is 0 Å². The smallest absolute Gasteiger partial charge is 0.237 e. The quantitative estimate of drug-likeness (QED) is 0.212. The van der Waals surface area contributed by atoms with Gasteiger partial charge in [-0.25, -0.2) is 9.97 Å². The molecule has 12 heteroatoms. The van der Waals surface area contributed by atoms with Crippen LogP contribution in [0.5, 0.6) is 11.8 Å². The first-order valence-corrected chi connectivity index (χ1v) is 14.1. The Labute approximate surface area is 254 Å². The fourth-order valence-electron chi connectivity index (χ4n) is 5.01. The van der Waals surface area contributed by atoms with Crippen molar-refractivity contribution in [3.05, 3.63) is 70.2 Å². The largest absolute Gasteiger partial charge is 0.480 e. The van der Waals surface area contributed by atoms with E-state index in [1.54, 1.807) is 19.5 Å². The van der Waals surface area contributed by atoms with Crippen molar-refractivity contribution in [2.45, 2.75) is 25.6 Å². The number of aromatic nitrogens is 4. The molecule has 220 valence electrons. The summed E-state index contributed by atoms with van der Waals surface area (Å²) in [5.74, 6) is 0.776. The van der Waals surface area contributed by atoms with Gasteiger partial charge in [0.05, 0.1) is 60.3 Å². The molecule has 5 rings (SSSR count). The molecule has 0 spiro atoms. The minimum absolute atomic E-state index is 0.0230. The van der Waals surface area contributed by atoms with E-state index in [2.05, 4.69) is 25.2 Å². The second kappa shape index (κ2) is 12.9. The number of likely N-dealkylation sites (tertiary alicyclic amines) is 1. The molecule has 1 saturated heterocycles. The van der Waals surface area contributed by atoms with Crippen LogP contribution in [-0.4, -0.2) is 81.1 Å². The van der Waals surface area contributed by atoms with Gasteiger partial charge in [-0.15, -0.1) is 0 Å². The van der Waals surface area contributed by atoms with Crippen LogP contribution in [0.2, 0.25) is 10.0 Å². The van der Waals surface area contributed by atoms with Crippen molar-refractivity contribution in [1.29, 1.82) is 0 Å². The molecule has 0 radical (unpaired) electrons. The number of β-amino-alcohol motifs (C(OH)–C–C–N with tert-alkyl or cyclic N) is 1. The number of benzene rings is 2. The Morgan fingerprint density at radius 2 is 1.36 bits per heavy atom. The molecule has 42 heavy (non-hydrogen) atoms. The normalized spacial score (nSPS) is 14.5. The Morgan fingerprint density at radius 1 is 0.857 bits per heavy atom. The molecule has 3 N–H and O–H groups in total. The zero-order valence-electron chi connectivity index (χ0n) is 23.6. The van der Waals surface area contributed by atoms with Crippen LogP contribution in [0.1, 0.15) is 18.3 Å². The molecule has 2 aromatic carbocycles. The van der Waals surface area contributed by atoms with E-state index < -0.39 is 5.60 Å². The number of rotatable bonds is 11. The number of ether oxygens (including phenoxy) is 2. The average Bonchev–Trinajstić information content (AvgIpc) is 2.97. The Hall–Kier alpha value is -3.38. The molecule has 10 nitrogen and oxygen atoms in total. The standard InChI is InChI=1S/C30H32Cl2N6O4/c1-30(40)16-38(17-30)15-25-29(42-3)37-23(14-35-25)21-9-5-7-19(27(21)32)18-6-4-8-20(26(18)31)22-13-34-24(12-33-10-11-39)28(36-22)41-2/h4-9,13-14,33,39-40H,10-12,15-17H2,1-3H3. The van der Waals surface area contributed by atoms with Gasteiger partial charge in [0.2, 0.25) is 11.8 Å². The van der Waals surface area contributed by atoms with Crippen molar-refractivity contribution in [2.24, 2.45) is 0 Å². The summed E-state index contributed by atoms with van der Waals surface area (Å²) in [7, 11) is 3.09. The van der Waals surface area contributed by atoms with Gasteiger partial charge in [-0.05, 0) is 6.92 Å². The maximum absolute atomic E-state index is 10.0. The van der Waals surface area contributed by atoms with Crippen molar-refractivity contribution in [3.63, 3.8) is 0 Å². The van der Waals surface area contributed by atoms with Crippen LogP contribution in [0.25, 0.3) is 33.6 Å². The van der Waals surface area contributed by atoms with Crippen molar-refractivity contribution in [1.82, 2.24) is 30.2 Å².